The predicted molar refractivity (Wildman–Crippen MR) is 102 cm³/mol. The van der Waals surface area contributed by atoms with Gasteiger partial charge in [0.15, 0.2) is 23.0 Å². The normalized spacial score (nSPS) is 13.2. The molecule has 0 bridgehead atoms. The van der Waals surface area contributed by atoms with Gasteiger partial charge in [-0.3, -0.25) is 5.32 Å². The second-order valence-corrected chi connectivity index (χ2v) is 7.01. The Kier molecular flexibility index (Phi) is 5.67. The molecule has 0 aliphatic carbocycles. The largest absolute Gasteiger partial charge is 0.478 e. The Morgan fingerprint density at radius 3 is 2.14 bits per heavy atom. The molecule has 9 nitrogen and oxygen atoms in total. The maximum Gasteiger partial charge on any atom is 0.412 e. The summed E-state index contributed by atoms with van der Waals surface area (Å²) in [5, 5.41) is 11.3. The third-order valence-electron chi connectivity index (χ3n) is 3.66. The third kappa shape index (κ3) is 5.01. The highest BCUT2D eigenvalue weighted by Gasteiger charge is 2.22. The molecular formula is C20H21NO8. The van der Waals surface area contributed by atoms with Gasteiger partial charge in [-0.25, -0.2) is 9.59 Å². The molecule has 2 aliphatic rings. The van der Waals surface area contributed by atoms with Gasteiger partial charge in [-0.2, -0.15) is 0 Å². The fourth-order valence-electron chi connectivity index (χ4n) is 2.54. The predicted octanol–water partition coefficient (Wildman–Crippen LogP) is 3.88. The number of amides is 1. The maximum atomic E-state index is 11.6. The minimum absolute atomic E-state index is 0.0969. The van der Waals surface area contributed by atoms with E-state index in [2.05, 4.69) is 5.32 Å². The van der Waals surface area contributed by atoms with Gasteiger partial charge in [0.25, 0.3) is 0 Å². The van der Waals surface area contributed by atoms with Crippen molar-refractivity contribution in [2.45, 2.75) is 26.4 Å². The molecule has 1 amide bonds. The van der Waals surface area contributed by atoms with E-state index in [1.54, 1.807) is 30.3 Å². The molecule has 2 aromatic carbocycles. The van der Waals surface area contributed by atoms with Crippen LogP contribution in [0.25, 0.3) is 0 Å². The summed E-state index contributed by atoms with van der Waals surface area (Å²) >= 11 is 0. The SMILES string of the molecule is CC(C)(C)OC(=O)Nc1cccc2c1OCO2.O=C(O)c1cccc2c1OCO2. The number of hydrogen-bond donors (Lipinski definition) is 2. The highest BCUT2D eigenvalue weighted by atomic mass is 16.7. The first-order valence-electron chi connectivity index (χ1n) is 8.75. The van der Waals surface area contributed by atoms with Gasteiger partial charge in [-0.05, 0) is 45.0 Å². The summed E-state index contributed by atoms with van der Waals surface area (Å²) < 4.78 is 25.6. The molecule has 29 heavy (non-hydrogen) atoms. The van der Waals surface area contributed by atoms with Crippen LogP contribution in [0.15, 0.2) is 36.4 Å². The molecule has 0 fully saturated rings. The number of carbonyl (C=O) groups is 2. The van der Waals surface area contributed by atoms with Crippen LogP contribution in [0.5, 0.6) is 23.0 Å². The first-order valence-corrected chi connectivity index (χ1v) is 8.75. The number of fused-ring (bicyclic) bond motifs is 2. The van der Waals surface area contributed by atoms with Crippen LogP contribution in [-0.2, 0) is 4.74 Å². The Bertz CT molecular complexity index is 919. The maximum absolute atomic E-state index is 11.6. The summed E-state index contributed by atoms with van der Waals surface area (Å²) in [5.74, 6) is 0.981. The van der Waals surface area contributed by atoms with Gasteiger partial charge in [-0.15, -0.1) is 0 Å². The second-order valence-electron chi connectivity index (χ2n) is 7.01. The van der Waals surface area contributed by atoms with Gasteiger partial charge in [-0.1, -0.05) is 12.1 Å². The zero-order valence-electron chi connectivity index (χ0n) is 16.2. The molecule has 2 heterocycles. The fourth-order valence-corrected chi connectivity index (χ4v) is 2.54. The monoisotopic (exact) mass is 403 g/mol. The van der Waals surface area contributed by atoms with Crippen molar-refractivity contribution in [1.29, 1.82) is 0 Å². The van der Waals surface area contributed by atoms with E-state index in [1.807, 2.05) is 20.8 Å². The molecule has 0 spiro atoms. The lowest BCUT2D eigenvalue weighted by atomic mass is 10.2. The standard InChI is InChI=1S/C12H15NO4.C8H6O4/c1-12(2,3)17-11(14)13-8-5-4-6-9-10(8)16-7-15-9;9-8(10)5-2-1-3-6-7(5)12-4-11-6/h4-6H,7H2,1-3H3,(H,13,14);1-3H,4H2,(H,9,10). The zero-order valence-corrected chi connectivity index (χ0v) is 16.2. The number of ether oxygens (including phenoxy) is 5. The third-order valence-corrected chi connectivity index (χ3v) is 3.66. The summed E-state index contributed by atoms with van der Waals surface area (Å²) in [6, 6.07) is 10.1. The first-order chi connectivity index (χ1) is 13.7. The van der Waals surface area contributed by atoms with Crippen LogP contribution in [0, 0.1) is 0 Å². The van der Waals surface area contributed by atoms with Crippen LogP contribution >= 0.6 is 0 Å². The van der Waals surface area contributed by atoms with Crippen molar-refractivity contribution in [3.63, 3.8) is 0 Å². The van der Waals surface area contributed by atoms with Crippen LogP contribution < -0.4 is 24.3 Å². The summed E-state index contributed by atoms with van der Waals surface area (Å²) in [6.45, 7) is 5.69. The van der Waals surface area contributed by atoms with Crippen molar-refractivity contribution in [3.8, 4) is 23.0 Å². The molecule has 0 saturated heterocycles. The lowest BCUT2D eigenvalue weighted by molar-refractivity contribution is 0.0633. The molecule has 2 N–H and O–H groups in total. The Hall–Kier alpha value is -3.62. The summed E-state index contributed by atoms with van der Waals surface area (Å²) in [4.78, 5) is 22.2. The molecule has 0 atom stereocenters. The van der Waals surface area contributed by atoms with Crippen LogP contribution in [-0.4, -0.2) is 36.4 Å². The Balaban J connectivity index is 0.000000176. The first kappa shape index (κ1) is 20.1. The molecule has 2 aliphatic heterocycles. The molecule has 0 saturated carbocycles. The quantitative estimate of drug-likeness (QED) is 0.777. The Morgan fingerprint density at radius 1 is 0.931 bits per heavy atom. The molecule has 4 rings (SSSR count). The van der Waals surface area contributed by atoms with Crippen LogP contribution in [0.3, 0.4) is 0 Å². The highest BCUT2D eigenvalue weighted by molar-refractivity contribution is 5.92. The average Bonchev–Trinajstić information content (AvgIpc) is 3.29. The molecular weight excluding hydrogens is 382 g/mol. The number of anilines is 1. The minimum atomic E-state index is -1.00. The topological polar surface area (TPSA) is 113 Å². The molecule has 9 heteroatoms. The van der Waals surface area contributed by atoms with E-state index in [0.717, 1.165) is 0 Å². The van der Waals surface area contributed by atoms with Crippen molar-refractivity contribution in [2.24, 2.45) is 0 Å². The second kappa shape index (κ2) is 8.17. The van der Waals surface area contributed by atoms with Crippen molar-refractivity contribution < 1.29 is 38.4 Å². The van der Waals surface area contributed by atoms with E-state index in [4.69, 9.17) is 28.8 Å². The van der Waals surface area contributed by atoms with E-state index < -0.39 is 17.7 Å². The zero-order chi connectivity index (χ0) is 21.0. The fraction of sp³-hybridized carbons (Fsp3) is 0.300. The molecule has 154 valence electrons. The van der Waals surface area contributed by atoms with Gasteiger partial charge in [0, 0.05) is 0 Å². The van der Waals surface area contributed by atoms with E-state index >= 15 is 0 Å². The number of nitrogens with one attached hydrogen (secondary N) is 1. The number of hydrogen-bond acceptors (Lipinski definition) is 7. The lowest BCUT2D eigenvalue weighted by Gasteiger charge is -2.19. The Labute approximate surface area is 167 Å². The van der Waals surface area contributed by atoms with Gasteiger partial charge in [0.05, 0.1) is 5.69 Å². The van der Waals surface area contributed by atoms with Gasteiger partial charge >= 0.3 is 12.1 Å². The summed E-state index contributed by atoms with van der Waals surface area (Å²) in [7, 11) is 0. The number of benzene rings is 2. The van der Waals surface area contributed by atoms with Crippen molar-refractivity contribution in [1.82, 2.24) is 0 Å². The summed E-state index contributed by atoms with van der Waals surface area (Å²) in [6.07, 6.45) is -0.513. The van der Waals surface area contributed by atoms with E-state index in [0.29, 0.717) is 28.7 Å². The lowest BCUT2D eigenvalue weighted by Crippen LogP contribution is -2.27. The summed E-state index contributed by atoms with van der Waals surface area (Å²) in [5.41, 5.74) is 0.165. The Morgan fingerprint density at radius 2 is 1.52 bits per heavy atom. The van der Waals surface area contributed by atoms with Crippen LogP contribution in [0.1, 0.15) is 31.1 Å². The van der Waals surface area contributed by atoms with Crippen LogP contribution in [0.4, 0.5) is 10.5 Å². The van der Waals surface area contributed by atoms with Crippen molar-refractivity contribution in [3.05, 3.63) is 42.0 Å². The number of carboxylic acids is 1. The minimum Gasteiger partial charge on any atom is -0.478 e. The van der Waals surface area contributed by atoms with E-state index in [1.165, 1.54) is 6.07 Å². The molecule has 0 unspecified atom stereocenters. The number of para-hydroxylation sites is 2. The van der Waals surface area contributed by atoms with Crippen molar-refractivity contribution >= 4 is 17.7 Å². The average molecular weight is 403 g/mol. The van der Waals surface area contributed by atoms with E-state index in [9.17, 15) is 9.59 Å². The number of aromatic carboxylic acids is 1. The highest BCUT2D eigenvalue weighted by Crippen LogP contribution is 2.39. The van der Waals surface area contributed by atoms with Gasteiger partial charge in [0.2, 0.25) is 13.6 Å². The van der Waals surface area contributed by atoms with Crippen molar-refractivity contribution in [2.75, 3.05) is 18.9 Å². The number of rotatable bonds is 2. The molecule has 0 radical (unpaired) electrons. The van der Waals surface area contributed by atoms with Gasteiger partial charge < -0.3 is 28.8 Å². The van der Waals surface area contributed by atoms with Crippen LogP contribution in [0.2, 0.25) is 0 Å². The number of carbonyl (C=O) groups excluding carboxylic acids is 1. The number of carboxylic acid groups (broad SMARTS) is 1. The molecule has 0 aromatic heterocycles. The van der Waals surface area contributed by atoms with Gasteiger partial charge in [0.1, 0.15) is 11.2 Å². The smallest absolute Gasteiger partial charge is 0.412 e. The van der Waals surface area contributed by atoms with E-state index in [-0.39, 0.29) is 19.1 Å². The molecule has 2 aromatic rings.